The highest BCUT2D eigenvalue weighted by atomic mass is 19.1. The highest BCUT2D eigenvalue weighted by Crippen LogP contribution is 2.30. The lowest BCUT2D eigenvalue weighted by Gasteiger charge is -2.21. The van der Waals surface area contributed by atoms with E-state index in [1.54, 1.807) is 24.3 Å². The van der Waals surface area contributed by atoms with Crippen molar-refractivity contribution in [3.05, 3.63) is 53.8 Å². The van der Waals surface area contributed by atoms with Crippen LogP contribution >= 0.6 is 0 Å². The van der Waals surface area contributed by atoms with Crippen LogP contribution < -0.4 is 9.64 Å². The molecule has 8 nitrogen and oxygen atoms in total. The van der Waals surface area contributed by atoms with E-state index in [0.717, 1.165) is 82.5 Å². The Morgan fingerprint density at radius 2 is 1.84 bits per heavy atom. The Balaban J connectivity index is 1.25. The topological polar surface area (TPSA) is 85.1 Å². The third-order valence-corrected chi connectivity index (χ3v) is 6.78. The zero-order valence-electron chi connectivity index (χ0n) is 22.0. The zero-order chi connectivity index (χ0) is 26.7. The number of unbranched alkanes of at least 4 members (excludes halogenated alkanes) is 3. The molecule has 0 spiro atoms. The molecule has 1 aromatic heterocycles. The van der Waals surface area contributed by atoms with Crippen LogP contribution in [0.15, 0.2) is 47.0 Å². The molecule has 38 heavy (non-hydrogen) atoms. The van der Waals surface area contributed by atoms with Gasteiger partial charge in [-0.15, -0.1) is 0 Å². The van der Waals surface area contributed by atoms with Crippen LogP contribution in [0.2, 0.25) is 0 Å². The molecule has 1 saturated heterocycles. The number of halogens is 1. The molecule has 1 aliphatic rings. The minimum atomic E-state index is -0.715. The second-order valence-electron chi connectivity index (χ2n) is 9.64. The molecular formula is C29H36FN3O5. The zero-order valence-corrected chi connectivity index (χ0v) is 22.0. The third kappa shape index (κ3) is 7.77. The Labute approximate surface area is 222 Å². The minimum Gasteiger partial charge on any atom is -0.434 e. The van der Waals surface area contributed by atoms with Crippen molar-refractivity contribution < 1.29 is 28.0 Å². The molecule has 0 N–H and O–H groups in total. The fourth-order valence-corrected chi connectivity index (χ4v) is 4.66. The third-order valence-electron chi connectivity index (χ3n) is 6.78. The van der Waals surface area contributed by atoms with E-state index in [2.05, 4.69) is 21.9 Å². The van der Waals surface area contributed by atoms with E-state index in [-0.39, 0.29) is 11.6 Å². The second kappa shape index (κ2) is 13.9. The number of benzene rings is 2. The number of ether oxygens (including phenoxy) is 2. The van der Waals surface area contributed by atoms with Crippen molar-refractivity contribution in [1.29, 1.82) is 0 Å². The number of hydrogen-bond acceptors (Lipinski definition) is 8. The fourth-order valence-electron chi connectivity index (χ4n) is 4.66. The van der Waals surface area contributed by atoms with Crippen molar-refractivity contribution in [2.45, 2.75) is 51.9 Å². The highest BCUT2D eigenvalue weighted by molar-refractivity contribution is 5.96. The van der Waals surface area contributed by atoms with Gasteiger partial charge in [0.2, 0.25) is 0 Å². The number of fused-ring (bicyclic) bond motifs is 1. The van der Waals surface area contributed by atoms with Crippen LogP contribution in [0.25, 0.3) is 11.0 Å². The van der Waals surface area contributed by atoms with E-state index >= 15 is 0 Å². The molecule has 0 saturated carbocycles. The number of hydrogen-bond donors (Lipinski definition) is 0. The maximum atomic E-state index is 13.1. The molecule has 204 valence electrons. The first-order valence-corrected chi connectivity index (χ1v) is 13.5. The fraction of sp³-hybridized carbons (Fsp3) is 0.483. The van der Waals surface area contributed by atoms with Gasteiger partial charge >= 0.3 is 6.16 Å². The maximum Gasteiger partial charge on any atom is 0.513 e. The summed E-state index contributed by atoms with van der Waals surface area (Å²) < 4.78 is 29.1. The molecule has 0 unspecified atom stereocenters. The summed E-state index contributed by atoms with van der Waals surface area (Å²) in [4.78, 5) is 28.9. The summed E-state index contributed by atoms with van der Waals surface area (Å²) >= 11 is 0. The molecule has 0 atom stereocenters. The van der Waals surface area contributed by atoms with Crippen molar-refractivity contribution in [2.24, 2.45) is 0 Å². The van der Waals surface area contributed by atoms with Crippen LogP contribution in [-0.4, -0.2) is 61.3 Å². The van der Waals surface area contributed by atoms with Crippen LogP contribution in [-0.2, 0) is 4.74 Å². The van der Waals surface area contributed by atoms with Crippen molar-refractivity contribution >= 4 is 28.7 Å². The predicted octanol–water partition coefficient (Wildman–Crippen LogP) is 6.24. The van der Waals surface area contributed by atoms with Crippen molar-refractivity contribution in [1.82, 2.24) is 10.1 Å². The van der Waals surface area contributed by atoms with Gasteiger partial charge in [-0.05, 0) is 68.8 Å². The molecule has 1 fully saturated rings. The Morgan fingerprint density at radius 1 is 1.00 bits per heavy atom. The summed E-state index contributed by atoms with van der Waals surface area (Å²) in [5.41, 5.74) is 1.10. The molecule has 0 bridgehead atoms. The summed E-state index contributed by atoms with van der Waals surface area (Å²) in [6.07, 6.45) is 5.55. The van der Waals surface area contributed by atoms with E-state index in [9.17, 15) is 14.0 Å². The van der Waals surface area contributed by atoms with Gasteiger partial charge in [-0.3, -0.25) is 4.79 Å². The number of Topliss-reactive ketones (excluding diaryl/α,β-unsaturated/α-hetero) is 1. The van der Waals surface area contributed by atoms with Crippen LogP contribution in [0.5, 0.6) is 5.75 Å². The number of carbonyl (C=O) groups excluding carboxylic acids is 2. The largest absolute Gasteiger partial charge is 0.513 e. The van der Waals surface area contributed by atoms with E-state index in [1.165, 1.54) is 12.1 Å². The van der Waals surface area contributed by atoms with Gasteiger partial charge in [0, 0.05) is 37.7 Å². The second-order valence-corrected chi connectivity index (χ2v) is 9.64. The molecule has 2 aromatic carbocycles. The van der Waals surface area contributed by atoms with Crippen molar-refractivity contribution in [2.75, 3.05) is 44.2 Å². The average molecular weight is 526 g/mol. The van der Waals surface area contributed by atoms with Gasteiger partial charge in [-0.1, -0.05) is 31.3 Å². The van der Waals surface area contributed by atoms with Crippen LogP contribution in [0.4, 0.5) is 15.0 Å². The number of rotatable bonds is 12. The Morgan fingerprint density at radius 3 is 2.66 bits per heavy atom. The molecule has 1 aliphatic heterocycles. The summed E-state index contributed by atoms with van der Waals surface area (Å²) in [5.74, 6) is 0.839. The monoisotopic (exact) mass is 525 g/mol. The summed E-state index contributed by atoms with van der Waals surface area (Å²) in [6, 6.07) is 11.0. The number of carbonyl (C=O) groups is 2. The lowest BCUT2D eigenvalue weighted by Crippen LogP contribution is -2.31. The van der Waals surface area contributed by atoms with Gasteiger partial charge < -0.3 is 23.8 Å². The van der Waals surface area contributed by atoms with Gasteiger partial charge in [0.05, 0.1) is 12.0 Å². The molecule has 0 radical (unpaired) electrons. The Bertz CT molecular complexity index is 1200. The van der Waals surface area contributed by atoms with E-state index in [1.807, 2.05) is 6.07 Å². The molecule has 9 heteroatoms. The molecule has 3 aromatic rings. The summed E-state index contributed by atoms with van der Waals surface area (Å²) in [7, 11) is 0. The first-order chi connectivity index (χ1) is 18.5. The van der Waals surface area contributed by atoms with Gasteiger partial charge in [0.25, 0.3) is 0 Å². The van der Waals surface area contributed by atoms with Crippen LogP contribution in [0.3, 0.4) is 0 Å². The van der Waals surface area contributed by atoms with Crippen LogP contribution in [0, 0.1) is 5.82 Å². The number of nitrogens with zero attached hydrogens (tertiary/aromatic N) is 3. The van der Waals surface area contributed by atoms with Gasteiger partial charge in [-0.25, -0.2) is 9.18 Å². The lowest BCUT2D eigenvalue weighted by molar-refractivity contribution is 0.0965. The maximum absolute atomic E-state index is 13.1. The smallest absolute Gasteiger partial charge is 0.434 e. The first kappa shape index (κ1) is 27.6. The number of aromatic nitrogens is 1. The van der Waals surface area contributed by atoms with Gasteiger partial charge in [0.1, 0.15) is 11.6 Å². The number of anilines is 1. The Hall–Kier alpha value is -3.46. The summed E-state index contributed by atoms with van der Waals surface area (Å²) in [5, 5.41) is 5.16. The predicted molar refractivity (Wildman–Crippen MR) is 143 cm³/mol. The average Bonchev–Trinajstić information content (AvgIpc) is 3.19. The summed E-state index contributed by atoms with van der Waals surface area (Å²) in [6.45, 7) is 6.73. The highest BCUT2D eigenvalue weighted by Gasteiger charge is 2.21. The standard InChI is InChI=1S/C29H36FN3O5/c1-2-3-4-5-20-36-29(35)37-24-13-14-25-27(21-24)38-31-28(25)33-17-7-16-32(18-19-33)15-6-8-26(34)22-9-11-23(30)12-10-22/h9-14,21H,2-8,15-20H2,1H3. The van der Waals surface area contributed by atoms with Crippen molar-refractivity contribution in [3.8, 4) is 5.75 Å². The van der Waals surface area contributed by atoms with Gasteiger partial charge in [0.15, 0.2) is 17.2 Å². The SMILES string of the molecule is CCCCCCOC(=O)Oc1ccc2c(N3CCCN(CCCC(=O)c4ccc(F)cc4)CC3)noc2c1. The Kier molecular flexibility index (Phi) is 10.1. The first-order valence-electron chi connectivity index (χ1n) is 13.5. The quantitative estimate of drug-likeness (QED) is 0.119. The number of ketones is 1. The lowest BCUT2D eigenvalue weighted by atomic mass is 10.1. The normalized spacial score (nSPS) is 14.4. The molecule has 4 rings (SSSR count). The minimum absolute atomic E-state index is 0.0408. The van der Waals surface area contributed by atoms with Crippen molar-refractivity contribution in [3.63, 3.8) is 0 Å². The van der Waals surface area contributed by atoms with Gasteiger partial charge in [-0.2, -0.15) is 0 Å². The molecule has 0 aliphatic carbocycles. The van der Waals surface area contributed by atoms with E-state index in [4.69, 9.17) is 14.0 Å². The molecule has 0 amide bonds. The molecule has 2 heterocycles. The van der Waals surface area contributed by atoms with E-state index in [0.29, 0.717) is 29.9 Å². The molecular weight excluding hydrogens is 489 g/mol. The van der Waals surface area contributed by atoms with Crippen LogP contribution in [0.1, 0.15) is 62.2 Å². The van der Waals surface area contributed by atoms with E-state index < -0.39 is 6.16 Å².